The second-order valence-corrected chi connectivity index (χ2v) is 7.95. The third-order valence-electron chi connectivity index (χ3n) is 5.41. The summed E-state index contributed by atoms with van der Waals surface area (Å²) in [6.45, 7) is 13.4. The zero-order valence-electron chi connectivity index (χ0n) is 17.7. The highest BCUT2D eigenvalue weighted by Crippen LogP contribution is 2.13. The normalized spacial score (nSPS) is 19.5. The van der Waals surface area contributed by atoms with Crippen LogP contribution < -0.4 is 10.6 Å². The second-order valence-electron chi connectivity index (χ2n) is 7.95. The van der Waals surface area contributed by atoms with Crippen molar-refractivity contribution >= 4 is 12.0 Å². The van der Waals surface area contributed by atoms with Crippen molar-refractivity contribution in [3.05, 3.63) is 0 Å². The molecule has 0 bridgehead atoms. The molecule has 2 N–H and O–H groups in total. The fourth-order valence-electron chi connectivity index (χ4n) is 3.20. The van der Waals surface area contributed by atoms with E-state index in [1.54, 1.807) is 0 Å². The Morgan fingerprint density at radius 3 is 2.04 bits per heavy atom. The number of carbonyl (C=O) groups excluding carboxylic acids is 2. The zero-order chi connectivity index (χ0) is 20.4. The number of amides is 2. The lowest BCUT2D eigenvalue weighted by atomic mass is 10.1. The summed E-state index contributed by atoms with van der Waals surface area (Å²) in [5.41, 5.74) is 0. The van der Waals surface area contributed by atoms with Crippen molar-refractivity contribution in [2.24, 2.45) is 5.92 Å². The molecule has 3 unspecified atom stereocenters. The highest BCUT2D eigenvalue weighted by Gasteiger charge is 2.24. The molecular weight excluding hydrogens is 360 g/mol. The molecule has 0 aliphatic carbocycles. The quantitative estimate of drug-likeness (QED) is 0.402. The van der Waals surface area contributed by atoms with Gasteiger partial charge in [0, 0.05) is 70.3 Å². The lowest BCUT2D eigenvalue weighted by molar-refractivity contribution is -0.123. The van der Waals surface area contributed by atoms with Gasteiger partial charge in [-0.3, -0.25) is 14.6 Å². The highest BCUT2D eigenvalue weighted by atomic mass is 16.5. The van der Waals surface area contributed by atoms with Gasteiger partial charge in [0.05, 0.1) is 13.2 Å². The molecule has 8 heteroatoms. The summed E-state index contributed by atoms with van der Waals surface area (Å²) in [6.07, 6.45) is 1.75. The molecule has 0 aromatic carbocycles. The monoisotopic (exact) mass is 398 g/mol. The molecule has 8 nitrogen and oxygen atoms in total. The van der Waals surface area contributed by atoms with E-state index < -0.39 is 6.09 Å². The first-order valence-corrected chi connectivity index (χ1v) is 10.7. The first kappa shape index (κ1) is 22.9. The summed E-state index contributed by atoms with van der Waals surface area (Å²) in [5.74, 6) is -0.147. The van der Waals surface area contributed by atoms with Gasteiger partial charge in [0.1, 0.15) is 0 Å². The van der Waals surface area contributed by atoms with Crippen molar-refractivity contribution in [3.63, 3.8) is 0 Å². The van der Waals surface area contributed by atoms with Crippen LogP contribution in [0.1, 0.15) is 40.0 Å². The van der Waals surface area contributed by atoms with Crippen LogP contribution in [0.4, 0.5) is 4.79 Å². The largest absolute Gasteiger partial charge is 0.449 e. The molecule has 0 radical (unpaired) electrons. The Labute approximate surface area is 169 Å². The molecule has 28 heavy (non-hydrogen) atoms. The van der Waals surface area contributed by atoms with Gasteiger partial charge >= 0.3 is 6.09 Å². The van der Waals surface area contributed by atoms with Gasteiger partial charge in [-0.2, -0.15) is 0 Å². The van der Waals surface area contributed by atoms with E-state index in [4.69, 9.17) is 9.47 Å². The van der Waals surface area contributed by atoms with Crippen LogP contribution in [0, 0.1) is 5.92 Å². The molecular formula is C20H38N4O4. The summed E-state index contributed by atoms with van der Waals surface area (Å²) in [5, 5.41) is 5.76. The van der Waals surface area contributed by atoms with Crippen LogP contribution in [0.15, 0.2) is 0 Å². The Morgan fingerprint density at radius 2 is 1.50 bits per heavy atom. The van der Waals surface area contributed by atoms with Crippen molar-refractivity contribution in [2.45, 2.75) is 52.1 Å². The predicted octanol–water partition coefficient (Wildman–Crippen LogP) is 1.06. The molecule has 2 rings (SSSR count). The molecule has 3 atom stereocenters. The Hall–Kier alpha value is -1.38. The Kier molecular flexibility index (Phi) is 10.0. The molecule has 2 amide bonds. The van der Waals surface area contributed by atoms with Gasteiger partial charge in [0.2, 0.25) is 5.91 Å². The average molecular weight is 399 g/mol. The maximum atomic E-state index is 12.2. The summed E-state index contributed by atoms with van der Waals surface area (Å²) in [7, 11) is 0. The molecule has 0 aromatic rings. The summed E-state index contributed by atoms with van der Waals surface area (Å²) >= 11 is 0. The fourth-order valence-corrected chi connectivity index (χ4v) is 3.20. The van der Waals surface area contributed by atoms with Gasteiger partial charge in [-0.1, -0.05) is 0 Å². The Bertz CT molecular complexity index is 483. The van der Waals surface area contributed by atoms with E-state index in [9.17, 15) is 9.59 Å². The molecule has 2 heterocycles. The standard InChI is InChI=1S/C20H38N4O4/c1-4-27-14-18(13-19(25)21-7-5-16(2)23-9-10-23)15-28-20(26)22-8-6-17(3)24-11-12-24/h16-18H,4-15H2,1-3H3,(H,21,25)(H,22,26). The number of hydrogen-bond acceptors (Lipinski definition) is 6. The van der Waals surface area contributed by atoms with Crippen LogP contribution in [0.2, 0.25) is 0 Å². The molecule has 2 aliphatic heterocycles. The van der Waals surface area contributed by atoms with Crippen LogP contribution in [-0.2, 0) is 14.3 Å². The van der Waals surface area contributed by atoms with Gasteiger partial charge in [-0.15, -0.1) is 0 Å². The van der Waals surface area contributed by atoms with Crippen LogP contribution in [0.3, 0.4) is 0 Å². The number of hydrogen-bond donors (Lipinski definition) is 2. The van der Waals surface area contributed by atoms with Crippen molar-refractivity contribution in [1.82, 2.24) is 20.4 Å². The SMILES string of the molecule is CCOCC(COC(=O)NCCC(C)N1CC1)CC(=O)NCCC(C)N1CC1. The molecule has 0 aromatic heterocycles. The maximum Gasteiger partial charge on any atom is 0.407 e. The predicted molar refractivity (Wildman–Crippen MR) is 108 cm³/mol. The number of carbonyl (C=O) groups is 2. The van der Waals surface area contributed by atoms with Crippen LogP contribution in [0.25, 0.3) is 0 Å². The molecule has 162 valence electrons. The lowest BCUT2D eigenvalue weighted by Crippen LogP contribution is -2.34. The maximum absolute atomic E-state index is 12.2. The third kappa shape index (κ3) is 9.71. The lowest BCUT2D eigenvalue weighted by Gasteiger charge is -2.18. The van der Waals surface area contributed by atoms with Gasteiger partial charge in [0.15, 0.2) is 0 Å². The van der Waals surface area contributed by atoms with Crippen molar-refractivity contribution in [1.29, 1.82) is 0 Å². The van der Waals surface area contributed by atoms with Crippen molar-refractivity contribution < 1.29 is 19.1 Å². The van der Waals surface area contributed by atoms with Gasteiger partial charge < -0.3 is 20.1 Å². The highest BCUT2D eigenvalue weighted by molar-refractivity contribution is 5.76. The summed E-state index contributed by atoms with van der Waals surface area (Å²) in [6, 6.07) is 1.01. The second kappa shape index (κ2) is 12.2. The van der Waals surface area contributed by atoms with E-state index in [0.29, 0.717) is 44.8 Å². The number of nitrogens with one attached hydrogen (secondary N) is 2. The molecule has 2 saturated heterocycles. The topological polar surface area (TPSA) is 82.7 Å². The summed E-state index contributed by atoms with van der Waals surface area (Å²) < 4.78 is 10.8. The van der Waals surface area contributed by atoms with Gasteiger partial charge in [-0.05, 0) is 33.6 Å². The zero-order valence-corrected chi connectivity index (χ0v) is 17.7. The van der Waals surface area contributed by atoms with Crippen molar-refractivity contribution in [2.75, 3.05) is 59.1 Å². The Balaban J connectivity index is 1.58. The first-order valence-electron chi connectivity index (χ1n) is 10.7. The number of nitrogens with zero attached hydrogens (tertiary/aromatic N) is 2. The van der Waals surface area contributed by atoms with Gasteiger partial charge in [-0.25, -0.2) is 4.79 Å². The number of ether oxygens (including phenoxy) is 2. The first-order chi connectivity index (χ1) is 13.5. The van der Waals surface area contributed by atoms with E-state index in [-0.39, 0.29) is 18.4 Å². The van der Waals surface area contributed by atoms with E-state index >= 15 is 0 Å². The third-order valence-corrected chi connectivity index (χ3v) is 5.41. The fraction of sp³-hybridized carbons (Fsp3) is 0.900. The van der Waals surface area contributed by atoms with Crippen LogP contribution in [0.5, 0.6) is 0 Å². The summed E-state index contributed by atoms with van der Waals surface area (Å²) in [4.78, 5) is 28.8. The smallest absolute Gasteiger partial charge is 0.407 e. The van der Waals surface area contributed by atoms with E-state index in [1.807, 2.05) is 6.92 Å². The average Bonchev–Trinajstić information content (AvgIpc) is 3.56. The molecule has 0 spiro atoms. The number of alkyl carbamates (subject to hydrolysis) is 1. The Morgan fingerprint density at radius 1 is 0.929 bits per heavy atom. The van der Waals surface area contributed by atoms with Gasteiger partial charge in [0.25, 0.3) is 0 Å². The molecule has 2 aliphatic rings. The van der Waals surface area contributed by atoms with Crippen LogP contribution >= 0.6 is 0 Å². The van der Waals surface area contributed by atoms with E-state index in [0.717, 1.165) is 25.9 Å². The minimum Gasteiger partial charge on any atom is -0.449 e. The number of rotatable bonds is 15. The molecule has 2 fully saturated rings. The minimum absolute atomic E-state index is 0.0148. The molecule has 0 saturated carbocycles. The van der Waals surface area contributed by atoms with E-state index in [1.165, 1.54) is 13.1 Å². The van der Waals surface area contributed by atoms with Crippen molar-refractivity contribution in [3.8, 4) is 0 Å². The van der Waals surface area contributed by atoms with Crippen LogP contribution in [-0.4, -0.2) is 93.0 Å². The minimum atomic E-state index is -0.424. The van der Waals surface area contributed by atoms with E-state index in [2.05, 4.69) is 34.3 Å².